The number of nitrogens with zero attached hydrogens (tertiary/aromatic N) is 9. The number of fused-ring (bicyclic) bond motifs is 5. The summed E-state index contributed by atoms with van der Waals surface area (Å²) in [7, 11) is 2.26. The Kier molecular flexibility index (Phi) is 34.3. The molecule has 5 saturated heterocycles. The molecule has 0 aliphatic carbocycles. The molecule has 28 nitrogen and oxygen atoms in total. The molecule has 9 aromatic rings. The van der Waals surface area contributed by atoms with Crippen molar-refractivity contribution in [3.8, 4) is 0 Å². The molecule has 14 rings (SSSR count). The van der Waals surface area contributed by atoms with Gasteiger partial charge in [-0.2, -0.15) is 13.2 Å². The fraction of sp³-hybridized carbons (Fsp3) is 0.424. The Morgan fingerprint density at radius 2 is 0.861 bits per heavy atom. The predicted molar refractivity (Wildman–Crippen MR) is 348 cm³/mol. The molecule has 10 N–H and O–H groups in total. The number of benzene rings is 3. The van der Waals surface area contributed by atoms with Gasteiger partial charge < -0.3 is 104 Å². The van der Waals surface area contributed by atoms with Gasteiger partial charge in [-0.05, 0) is 99.0 Å². The van der Waals surface area contributed by atoms with E-state index in [9.17, 15) is 80.1 Å². The molecule has 3 radical (unpaired) electrons. The normalized spacial score (nSPS) is 23.8. The van der Waals surface area contributed by atoms with Crippen LogP contribution in [-0.2, 0) is 55.9 Å². The Bertz CT molecular complexity index is 4440. The fourth-order valence-electron chi connectivity index (χ4n) is 12.2. The van der Waals surface area contributed by atoms with E-state index in [1.807, 2.05) is 0 Å². The third kappa shape index (κ3) is 19.7. The number of alkyl halides is 3. The van der Waals surface area contributed by atoms with Crippen molar-refractivity contribution in [3.63, 3.8) is 0 Å². The number of aromatic nitrogens is 9. The Morgan fingerprint density at radius 3 is 1.20 bits per heavy atom. The van der Waals surface area contributed by atoms with E-state index in [4.69, 9.17) is 56.9 Å². The number of aldehydes is 1. The SMILES string of the molecule is C.C.CC1(C)O[C@H]2[C@@H](O1)[C@H](n1ccc3c(CO)ncnc31)O[C@@H]2[C@H](O)c1ccc(F)c(F)c1.CO.COC(=O)c1ncnc2c1ccn2[C@@H]1O[C@H]([C@H](O)c2ccc(F)c(F)c2)[C@H]2OC(C)(C)O[C@H]21.FF.O.O=CC(F)(F)F.OCc1ncnc2c1ccn2[C@@H]1O[C@H]([C@H](O)c2ccc(F)c(F)c2)[C@@H](O)[C@H]1O.[B].[F-].[H-].[Na+]. The molecule has 6 aromatic heterocycles. The first-order chi connectivity index (χ1) is 48.5. The average molecular weight is 1560 g/mol. The van der Waals surface area contributed by atoms with Crippen LogP contribution in [0.5, 0.6) is 0 Å². The van der Waals surface area contributed by atoms with Crippen LogP contribution in [0, 0.1) is 34.9 Å². The topological polar surface area (TPSA) is 393 Å². The van der Waals surface area contributed by atoms with Crippen LogP contribution in [0.3, 0.4) is 0 Å². The maximum Gasteiger partial charge on any atom is 1.00 e. The second kappa shape index (κ2) is 39.2. The van der Waals surface area contributed by atoms with Crippen molar-refractivity contribution in [1.29, 1.82) is 0 Å². The molecule has 5 aliphatic heterocycles. The van der Waals surface area contributed by atoms with Crippen molar-refractivity contribution < 1.29 is 178 Å². The molecule has 0 saturated carbocycles. The van der Waals surface area contributed by atoms with E-state index in [-0.39, 0.29) is 100 Å². The van der Waals surface area contributed by atoms with E-state index in [1.165, 1.54) is 48.9 Å². The maximum absolute atomic E-state index is 13.8. The summed E-state index contributed by atoms with van der Waals surface area (Å²) in [6, 6.07) is 14.2. The number of halogens is 12. The second-order valence-corrected chi connectivity index (χ2v) is 23.7. The van der Waals surface area contributed by atoms with Gasteiger partial charge in [0.2, 0.25) is 6.29 Å². The number of methoxy groups -OCH3 is 1. The van der Waals surface area contributed by atoms with E-state index < -0.39 is 157 Å². The number of hydrogen-bond donors (Lipinski definition) is 8. The first-order valence-electron chi connectivity index (χ1n) is 30.2. The minimum atomic E-state index is -4.64. The van der Waals surface area contributed by atoms with Crippen molar-refractivity contribution in [1.82, 2.24) is 43.6 Å². The molecule has 587 valence electrons. The molecule has 42 heteroatoms. The van der Waals surface area contributed by atoms with E-state index in [2.05, 4.69) is 29.9 Å². The van der Waals surface area contributed by atoms with Crippen LogP contribution in [-0.4, -0.2) is 198 Å². The molecule has 0 amide bonds. The summed E-state index contributed by atoms with van der Waals surface area (Å²) in [6.07, 6.45) is -12.3. The summed E-state index contributed by atoms with van der Waals surface area (Å²) in [5.74, 6) is -8.89. The van der Waals surface area contributed by atoms with Gasteiger partial charge in [-0.1, -0.05) is 33.1 Å². The molecule has 0 unspecified atom stereocenters. The standard InChI is InChI=1S/C22H21F2N3O6.C21H21F2N3O5.C18H17F2N3O5.C2HF3O.CH4O.2CH4.B.F2.FH.Na.H2O.H/c1-22(2)32-17-16(15(28)10-4-5-12(23)13(24)8-10)31-20(18(17)33-22)27-7-6-11-14(21(29)30-3)25-9-26-19(11)27;1-21(2)30-17-16(15(28)10-3-4-12(22)13(23)7-10)29-20(18(17)31-21)26-6-5-11-14(8-27)24-9-25-19(11)26;19-10-2-1-8(5-11(10)20)13(25)16-14(26)15(27)18(28-16)23-4-3-9-12(6-24)21-7-22-17(9)23;3-2(4,5)1-6;1-2;;;;1-2;;;;/h4-9,15-18,20,28H,1-3H3;3-7,9,15-18,20,27-28H,8H2,1-2H3;1-5,7,13-16,18,24-27H,6H2;1H;2H,1H3;2*1H4;;;1H;;1H2;/q;;;;;;;;;;+1;;-1/p-1/t2*15-,16-,17-,18-,20-;13-,14+,15-,16-,18-;;;;;;;;;;/m111........../s1. The molecule has 0 spiro atoms. The van der Waals surface area contributed by atoms with E-state index >= 15 is 0 Å². The summed E-state index contributed by atoms with van der Waals surface area (Å²) in [4.78, 5) is 45.5. The number of esters is 1. The Morgan fingerprint density at radius 1 is 0.546 bits per heavy atom. The van der Waals surface area contributed by atoms with E-state index in [1.54, 1.807) is 73.6 Å². The number of carbonyl (C=O) groups is 2. The van der Waals surface area contributed by atoms with Gasteiger partial charge in [0.1, 0.15) is 109 Å². The van der Waals surface area contributed by atoms with Crippen LogP contribution >= 0.6 is 0 Å². The van der Waals surface area contributed by atoms with Crippen molar-refractivity contribution in [2.75, 3.05) is 14.2 Å². The van der Waals surface area contributed by atoms with Crippen molar-refractivity contribution >= 4 is 53.8 Å². The van der Waals surface area contributed by atoms with E-state index in [0.717, 1.165) is 43.5 Å². The van der Waals surface area contributed by atoms with Gasteiger partial charge in [0.05, 0.1) is 37.1 Å². The number of ether oxygens (including phenoxy) is 8. The molecule has 11 heterocycles. The quantitative estimate of drug-likeness (QED) is 0.0365. The number of rotatable bonds is 12. The Balaban J connectivity index is 0.000000508. The Labute approximate surface area is 631 Å². The van der Waals surface area contributed by atoms with Crippen LogP contribution < -0.4 is 34.3 Å². The summed E-state index contributed by atoms with van der Waals surface area (Å²) in [6.45, 7) is 6.41. The van der Waals surface area contributed by atoms with Gasteiger partial charge in [-0.3, -0.25) is 4.79 Å². The van der Waals surface area contributed by atoms with Crippen LogP contribution in [0.2, 0.25) is 0 Å². The largest absolute Gasteiger partial charge is 1.00 e. The summed E-state index contributed by atoms with van der Waals surface area (Å²) >= 11 is 0. The minimum Gasteiger partial charge on any atom is -1.00 e. The molecule has 3 aromatic carbocycles. The Hall–Kier alpha value is -7.76. The molecular formula is C66H75BF12N9NaO19-. The van der Waals surface area contributed by atoms with Crippen LogP contribution in [0.25, 0.3) is 33.1 Å². The zero-order valence-corrected chi connectivity index (χ0v) is 58.3. The number of aliphatic hydroxyl groups excluding tert-OH is 8. The van der Waals surface area contributed by atoms with Crippen LogP contribution in [0.1, 0.15) is 120 Å². The average Bonchev–Trinajstić information content (AvgIpc) is 1.58. The van der Waals surface area contributed by atoms with Gasteiger partial charge in [0.15, 0.2) is 70.9 Å². The molecule has 0 bridgehead atoms. The summed E-state index contributed by atoms with van der Waals surface area (Å²) < 4.78 is 180. The van der Waals surface area contributed by atoms with Gasteiger partial charge in [0.25, 0.3) is 0 Å². The van der Waals surface area contributed by atoms with Crippen molar-refractivity contribution in [2.45, 2.75) is 165 Å². The monoisotopic (exact) mass is 1560 g/mol. The predicted octanol–water partition coefficient (Wildman–Crippen LogP) is 0.938. The van der Waals surface area contributed by atoms with Crippen LogP contribution in [0.4, 0.5) is 48.7 Å². The third-order valence-corrected chi connectivity index (χ3v) is 16.5. The second-order valence-electron chi connectivity index (χ2n) is 23.7. The maximum atomic E-state index is 13.8. The van der Waals surface area contributed by atoms with Gasteiger partial charge in [0, 0.05) is 54.0 Å². The number of carbonyl (C=O) groups excluding carboxylic acids is 2. The fourth-order valence-corrected chi connectivity index (χ4v) is 12.2. The zero-order chi connectivity index (χ0) is 74.6. The molecule has 5 fully saturated rings. The van der Waals surface area contributed by atoms with Crippen LogP contribution in [0.15, 0.2) is 110 Å². The molecule has 5 aliphatic rings. The minimum absolute atomic E-state index is 0. The first kappa shape index (κ1) is 94.4. The molecule has 108 heavy (non-hydrogen) atoms. The molecule has 15 atom stereocenters. The van der Waals surface area contributed by atoms with Gasteiger partial charge >= 0.3 is 41.7 Å². The van der Waals surface area contributed by atoms with Gasteiger partial charge in [-0.25, -0.2) is 61.0 Å². The number of aliphatic hydroxyl groups is 8. The van der Waals surface area contributed by atoms with Crippen molar-refractivity contribution in [2.24, 2.45) is 0 Å². The third-order valence-electron chi connectivity index (χ3n) is 16.5. The molecular weight excluding hydrogens is 1480 g/mol. The summed E-state index contributed by atoms with van der Waals surface area (Å²) in [5.41, 5.74) is 2.53. The first-order valence-corrected chi connectivity index (χ1v) is 30.2. The number of hydrogen-bond acceptors (Lipinski definition) is 24. The zero-order valence-electron chi connectivity index (χ0n) is 57.3. The van der Waals surface area contributed by atoms with Crippen molar-refractivity contribution in [3.05, 3.63) is 179 Å². The van der Waals surface area contributed by atoms with E-state index in [0.29, 0.717) is 44.5 Å². The van der Waals surface area contributed by atoms with Gasteiger partial charge in [-0.15, -0.1) is 0 Å². The summed E-state index contributed by atoms with van der Waals surface area (Å²) in [5, 5.41) is 80.8. The smallest absolute Gasteiger partial charge is 1.00 e.